The summed E-state index contributed by atoms with van der Waals surface area (Å²) in [5.74, 6) is -0.738. The third-order valence-corrected chi connectivity index (χ3v) is 3.08. The highest BCUT2D eigenvalue weighted by Crippen LogP contribution is 2.08. The lowest BCUT2D eigenvalue weighted by molar-refractivity contribution is -0.147. The average molecular weight is 277 g/mol. The molecule has 6 heteroatoms. The van der Waals surface area contributed by atoms with Gasteiger partial charge in [0.1, 0.15) is 6.10 Å². The maximum Gasteiger partial charge on any atom is 0.253 e. The van der Waals surface area contributed by atoms with Gasteiger partial charge >= 0.3 is 0 Å². The first-order valence-corrected chi connectivity index (χ1v) is 6.60. The zero-order chi connectivity index (χ0) is 14.4. The largest absolute Gasteiger partial charge is 0.368 e. The number of ether oxygens (including phenoxy) is 1. The van der Waals surface area contributed by atoms with Crippen LogP contribution in [0.15, 0.2) is 30.3 Å². The molecular weight excluding hydrogens is 258 g/mol. The van der Waals surface area contributed by atoms with Crippen LogP contribution in [-0.4, -0.2) is 49.1 Å². The lowest BCUT2D eigenvalue weighted by Crippen LogP contribution is -2.50. The van der Waals surface area contributed by atoms with Crippen molar-refractivity contribution in [3.8, 4) is 0 Å². The lowest BCUT2D eigenvalue weighted by atomic mass is 10.2. The minimum atomic E-state index is -0.549. The number of hydrogen-bond acceptors (Lipinski definition) is 4. The van der Waals surface area contributed by atoms with E-state index in [-0.39, 0.29) is 12.5 Å². The van der Waals surface area contributed by atoms with Crippen LogP contribution in [0, 0.1) is 0 Å². The summed E-state index contributed by atoms with van der Waals surface area (Å²) in [5.41, 5.74) is 6.17. The number of nitrogens with zero attached hydrogens (tertiary/aromatic N) is 1. The van der Waals surface area contributed by atoms with Crippen LogP contribution in [0.4, 0.5) is 0 Å². The zero-order valence-corrected chi connectivity index (χ0v) is 11.2. The Bertz CT molecular complexity index is 458. The van der Waals surface area contributed by atoms with Gasteiger partial charge in [0, 0.05) is 19.6 Å². The summed E-state index contributed by atoms with van der Waals surface area (Å²) in [6.45, 7) is 1.93. The van der Waals surface area contributed by atoms with Crippen LogP contribution in [0.3, 0.4) is 0 Å². The number of amides is 2. The molecule has 0 aromatic heterocycles. The van der Waals surface area contributed by atoms with E-state index in [9.17, 15) is 9.59 Å². The van der Waals surface area contributed by atoms with E-state index in [1.807, 2.05) is 30.3 Å². The van der Waals surface area contributed by atoms with E-state index in [1.54, 1.807) is 0 Å². The van der Waals surface area contributed by atoms with Crippen molar-refractivity contribution < 1.29 is 14.3 Å². The molecule has 2 amide bonds. The van der Waals surface area contributed by atoms with Crippen molar-refractivity contribution in [2.24, 2.45) is 5.73 Å². The van der Waals surface area contributed by atoms with Crippen molar-refractivity contribution in [3.63, 3.8) is 0 Å². The second-order valence-corrected chi connectivity index (χ2v) is 4.71. The Morgan fingerprint density at radius 3 is 2.70 bits per heavy atom. The van der Waals surface area contributed by atoms with E-state index >= 15 is 0 Å². The number of primary amides is 1. The molecule has 0 aliphatic carbocycles. The molecule has 1 unspecified atom stereocenters. The van der Waals surface area contributed by atoms with Crippen LogP contribution < -0.4 is 11.1 Å². The third kappa shape index (κ3) is 4.04. The fraction of sp³-hybridized carbons (Fsp3) is 0.429. The molecule has 1 heterocycles. The van der Waals surface area contributed by atoms with Crippen molar-refractivity contribution in [1.82, 2.24) is 10.2 Å². The second kappa shape index (κ2) is 7.02. The first-order chi connectivity index (χ1) is 9.66. The first-order valence-electron chi connectivity index (χ1n) is 6.60. The van der Waals surface area contributed by atoms with Crippen molar-refractivity contribution in [2.45, 2.75) is 12.6 Å². The van der Waals surface area contributed by atoms with Crippen LogP contribution >= 0.6 is 0 Å². The van der Waals surface area contributed by atoms with Gasteiger partial charge in [0.2, 0.25) is 5.91 Å². The zero-order valence-electron chi connectivity index (χ0n) is 11.2. The van der Waals surface area contributed by atoms with Gasteiger partial charge in [0.25, 0.3) is 5.91 Å². The summed E-state index contributed by atoms with van der Waals surface area (Å²) < 4.78 is 5.43. The van der Waals surface area contributed by atoms with Crippen molar-refractivity contribution in [3.05, 3.63) is 35.9 Å². The summed E-state index contributed by atoms with van der Waals surface area (Å²) in [5, 5.41) is 3.10. The van der Waals surface area contributed by atoms with E-state index in [0.717, 1.165) is 12.1 Å². The highest BCUT2D eigenvalue weighted by Gasteiger charge is 2.27. The Morgan fingerprint density at radius 2 is 2.10 bits per heavy atom. The SMILES string of the molecule is NC(=O)CN(Cc1ccccc1)C(=O)C1CNCCO1. The van der Waals surface area contributed by atoms with Gasteiger partial charge < -0.3 is 20.7 Å². The average Bonchev–Trinajstić information content (AvgIpc) is 2.47. The maximum absolute atomic E-state index is 12.4. The van der Waals surface area contributed by atoms with Crippen molar-refractivity contribution >= 4 is 11.8 Å². The number of nitrogens with one attached hydrogen (secondary N) is 1. The number of hydrogen-bond donors (Lipinski definition) is 2. The summed E-state index contributed by atoms with van der Waals surface area (Å²) >= 11 is 0. The molecule has 3 N–H and O–H groups in total. The normalized spacial score (nSPS) is 18.5. The second-order valence-electron chi connectivity index (χ2n) is 4.71. The molecule has 0 spiro atoms. The highest BCUT2D eigenvalue weighted by molar-refractivity contribution is 5.86. The predicted molar refractivity (Wildman–Crippen MR) is 73.7 cm³/mol. The number of rotatable bonds is 5. The molecule has 0 radical (unpaired) electrons. The molecule has 20 heavy (non-hydrogen) atoms. The Labute approximate surface area is 117 Å². The Kier molecular flexibility index (Phi) is 5.09. The molecule has 6 nitrogen and oxygen atoms in total. The standard InChI is InChI=1S/C14H19N3O3/c15-13(18)10-17(9-11-4-2-1-3-5-11)14(19)12-8-16-6-7-20-12/h1-5,12,16H,6-10H2,(H2,15,18). The molecule has 1 fully saturated rings. The van der Waals surface area contributed by atoms with Gasteiger partial charge in [-0.25, -0.2) is 0 Å². The Balaban J connectivity index is 2.05. The summed E-state index contributed by atoms with van der Waals surface area (Å²) in [6, 6.07) is 9.49. The number of carbonyl (C=O) groups is 2. The molecule has 1 atom stereocenters. The van der Waals surface area contributed by atoms with E-state index in [1.165, 1.54) is 4.90 Å². The third-order valence-electron chi connectivity index (χ3n) is 3.08. The minimum absolute atomic E-state index is 0.104. The summed E-state index contributed by atoms with van der Waals surface area (Å²) in [4.78, 5) is 25.0. The molecule has 1 aromatic carbocycles. The molecule has 0 saturated carbocycles. The Hall–Kier alpha value is -1.92. The smallest absolute Gasteiger partial charge is 0.253 e. The van der Waals surface area contributed by atoms with Gasteiger partial charge in [-0.3, -0.25) is 9.59 Å². The predicted octanol–water partition coefficient (Wildman–Crippen LogP) is -0.511. The van der Waals surface area contributed by atoms with E-state index in [2.05, 4.69) is 5.32 Å². The van der Waals surface area contributed by atoms with Gasteiger partial charge in [0.15, 0.2) is 0 Å². The number of benzene rings is 1. The molecule has 2 rings (SSSR count). The van der Waals surface area contributed by atoms with Gasteiger partial charge in [-0.1, -0.05) is 30.3 Å². The van der Waals surface area contributed by atoms with E-state index < -0.39 is 12.0 Å². The fourth-order valence-electron chi connectivity index (χ4n) is 2.13. The quantitative estimate of drug-likeness (QED) is 0.759. The molecule has 1 saturated heterocycles. The minimum Gasteiger partial charge on any atom is -0.368 e. The monoisotopic (exact) mass is 277 g/mol. The maximum atomic E-state index is 12.4. The van der Waals surface area contributed by atoms with Crippen LogP contribution in [0.5, 0.6) is 0 Å². The van der Waals surface area contributed by atoms with Crippen LogP contribution in [0.25, 0.3) is 0 Å². The molecule has 1 aliphatic heterocycles. The number of carbonyl (C=O) groups excluding carboxylic acids is 2. The van der Waals surface area contributed by atoms with Crippen molar-refractivity contribution in [2.75, 3.05) is 26.2 Å². The van der Waals surface area contributed by atoms with Gasteiger partial charge in [-0.2, -0.15) is 0 Å². The summed E-state index contributed by atoms with van der Waals surface area (Å²) in [6.07, 6.45) is -0.549. The van der Waals surface area contributed by atoms with Crippen LogP contribution in [-0.2, 0) is 20.9 Å². The van der Waals surface area contributed by atoms with E-state index in [0.29, 0.717) is 19.7 Å². The molecular formula is C14H19N3O3. The van der Waals surface area contributed by atoms with Gasteiger partial charge in [-0.05, 0) is 5.56 Å². The Morgan fingerprint density at radius 1 is 1.35 bits per heavy atom. The van der Waals surface area contributed by atoms with Crippen molar-refractivity contribution in [1.29, 1.82) is 0 Å². The topological polar surface area (TPSA) is 84.7 Å². The van der Waals surface area contributed by atoms with Crippen LogP contribution in [0.2, 0.25) is 0 Å². The molecule has 108 valence electrons. The van der Waals surface area contributed by atoms with E-state index in [4.69, 9.17) is 10.5 Å². The first kappa shape index (κ1) is 14.5. The molecule has 1 aliphatic rings. The fourth-order valence-corrected chi connectivity index (χ4v) is 2.13. The molecule has 0 bridgehead atoms. The summed E-state index contributed by atoms with van der Waals surface area (Å²) in [7, 11) is 0. The molecule has 1 aromatic rings. The van der Waals surface area contributed by atoms with Crippen LogP contribution in [0.1, 0.15) is 5.56 Å². The van der Waals surface area contributed by atoms with Gasteiger partial charge in [-0.15, -0.1) is 0 Å². The van der Waals surface area contributed by atoms with Gasteiger partial charge in [0.05, 0.1) is 13.2 Å². The lowest BCUT2D eigenvalue weighted by Gasteiger charge is -2.29. The highest BCUT2D eigenvalue weighted by atomic mass is 16.5. The number of nitrogens with two attached hydrogens (primary N) is 1. The number of morpholine rings is 1.